The average molecular weight is 266 g/mol. The van der Waals surface area contributed by atoms with Gasteiger partial charge in [0.1, 0.15) is 19.0 Å². The van der Waals surface area contributed by atoms with Crippen LogP contribution in [-0.4, -0.2) is 43.1 Å². The standard InChI is InChI=1S/C13H15FN2O3/c14-11-3-1-2-10(8-11)4-5-15-12(17)9-16-6-7-19-13(16)18/h1-3,8H,4-7,9H2,(H,15,17). The normalized spacial score (nSPS) is 14.4. The monoisotopic (exact) mass is 266 g/mol. The summed E-state index contributed by atoms with van der Waals surface area (Å²) in [5.41, 5.74) is 0.820. The van der Waals surface area contributed by atoms with Gasteiger partial charge in [-0.25, -0.2) is 9.18 Å². The fraction of sp³-hybridized carbons (Fsp3) is 0.385. The van der Waals surface area contributed by atoms with Crippen LogP contribution in [0, 0.1) is 5.82 Å². The first-order chi connectivity index (χ1) is 9.15. The van der Waals surface area contributed by atoms with Crippen LogP contribution in [0.3, 0.4) is 0 Å². The Kier molecular flexibility index (Phi) is 4.33. The maximum Gasteiger partial charge on any atom is 0.410 e. The van der Waals surface area contributed by atoms with Gasteiger partial charge >= 0.3 is 6.09 Å². The van der Waals surface area contributed by atoms with Crippen molar-refractivity contribution in [2.45, 2.75) is 6.42 Å². The third-order valence-corrected chi connectivity index (χ3v) is 2.80. The van der Waals surface area contributed by atoms with Crippen LogP contribution < -0.4 is 5.32 Å². The summed E-state index contributed by atoms with van der Waals surface area (Å²) < 4.78 is 17.6. The van der Waals surface area contributed by atoms with Crippen LogP contribution >= 0.6 is 0 Å². The van der Waals surface area contributed by atoms with Gasteiger partial charge in [-0.15, -0.1) is 0 Å². The number of amides is 2. The highest BCUT2D eigenvalue weighted by Crippen LogP contribution is 2.04. The first kappa shape index (κ1) is 13.3. The number of nitrogens with one attached hydrogen (secondary N) is 1. The molecule has 102 valence electrons. The number of benzene rings is 1. The molecule has 1 aliphatic rings. The number of carbonyl (C=O) groups is 2. The van der Waals surface area contributed by atoms with Crippen molar-refractivity contribution < 1.29 is 18.7 Å². The Morgan fingerprint density at radius 1 is 1.47 bits per heavy atom. The highest BCUT2D eigenvalue weighted by atomic mass is 19.1. The lowest BCUT2D eigenvalue weighted by atomic mass is 10.1. The highest BCUT2D eigenvalue weighted by Gasteiger charge is 2.23. The van der Waals surface area contributed by atoms with Crippen LogP contribution in [0.25, 0.3) is 0 Å². The quantitative estimate of drug-likeness (QED) is 0.862. The number of hydrogen-bond donors (Lipinski definition) is 1. The Morgan fingerprint density at radius 3 is 3.00 bits per heavy atom. The van der Waals surface area contributed by atoms with Gasteiger partial charge in [-0.2, -0.15) is 0 Å². The molecular formula is C13H15FN2O3. The molecule has 1 fully saturated rings. The smallest absolute Gasteiger partial charge is 0.410 e. The lowest BCUT2D eigenvalue weighted by molar-refractivity contribution is -0.121. The van der Waals surface area contributed by atoms with Crippen molar-refractivity contribution in [2.24, 2.45) is 0 Å². The second kappa shape index (κ2) is 6.17. The molecule has 2 rings (SSSR count). The third kappa shape index (κ3) is 3.94. The Labute approximate surface area is 110 Å². The number of nitrogens with zero attached hydrogens (tertiary/aromatic N) is 1. The van der Waals surface area contributed by atoms with Crippen LogP contribution in [0.15, 0.2) is 24.3 Å². The number of cyclic esters (lactones) is 1. The van der Waals surface area contributed by atoms with Gasteiger partial charge in [-0.05, 0) is 24.1 Å². The van der Waals surface area contributed by atoms with Crippen LogP contribution in [0.4, 0.5) is 9.18 Å². The Bertz CT molecular complexity index is 479. The van der Waals surface area contributed by atoms with E-state index in [9.17, 15) is 14.0 Å². The molecular weight excluding hydrogens is 251 g/mol. The molecule has 1 aromatic rings. The Hall–Kier alpha value is -2.11. The second-order valence-corrected chi connectivity index (χ2v) is 4.27. The van der Waals surface area contributed by atoms with E-state index in [1.807, 2.05) is 0 Å². The number of halogens is 1. The molecule has 1 saturated heterocycles. The zero-order valence-electron chi connectivity index (χ0n) is 10.4. The number of ether oxygens (including phenoxy) is 1. The number of hydrogen-bond acceptors (Lipinski definition) is 3. The van der Waals surface area contributed by atoms with Gasteiger partial charge < -0.3 is 10.1 Å². The SMILES string of the molecule is O=C(CN1CCOC1=O)NCCc1cccc(F)c1. The van der Waals surface area contributed by atoms with E-state index in [-0.39, 0.29) is 18.3 Å². The largest absolute Gasteiger partial charge is 0.448 e. The van der Waals surface area contributed by atoms with Crippen molar-refractivity contribution in [3.63, 3.8) is 0 Å². The van der Waals surface area contributed by atoms with Crippen LogP contribution in [0.2, 0.25) is 0 Å². The van der Waals surface area contributed by atoms with Crippen LogP contribution in [0.5, 0.6) is 0 Å². The first-order valence-corrected chi connectivity index (χ1v) is 6.08. The van der Waals surface area contributed by atoms with E-state index >= 15 is 0 Å². The lowest BCUT2D eigenvalue weighted by Crippen LogP contribution is -2.38. The minimum atomic E-state index is -0.458. The lowest BCUT2D eigenvalue weighted by Gasteiger charge is -2.12. The van der Waals surface area contributed by atoms with Gasteiger partial charge in [0.25, 0.3) is 0 Å². The molecule has 1 aromatic carbocycles. The van der Waals surface area contributed by atoms with Crippen LogP contribution in [0.1, 0.15) is 5.56 Å². The molecule has 0 radical (unpaired) electrons. The molecule has 0 spiro atoms. The summed E-state index contributed by atoms with van der Waals surface area (Å²) >= 11 is 0. The highest BCUT2D eigenvalue weighted by molar-refractivity contribution is 5.82. The van der Waals surface area contributed by atoms with Crippen LogP contribution in [-0.2, 0) is 16.0 Å². The van der Waals surface area contributed by atoms with Crippen molar-refractivity contribution in [3.8, 4) is 0 Å². The zero-order chi connectivity index (χ0) is 13.7. The summed E-state index contributed by atoms with van der Waals surface area (Å²) in [6.07, 6.45) is 0.0915. The van der Waals surface area contributed by atoms with E-state index < -0.39 is 6.09 Å². The maximum atomic E-state index is 12.9. The van der Waals surface area contributed by atoms with Gasteiger partial charge in [0, 0.05) is 6.54 Å². The summed E-state index contributed by atoms with van der Waals surface area (Å²) in [6.45, 7) is 1.18. The van der Waals surface area contributed by atoms with E-state index in [2.05, 4.69) is 5.32 Å². The van der Waals surface area contributed by atoms with Gasteiger partial charge in [0.15, 0.2) is 0 Å². The molecule has 19 heavy (non-hydrogen) atoms. The first-order valence-electron chi connectivity index (χ1n) is 6.08. The molecule has 0 atom stereocenters. The molecule has 1 N–H and O–H groups in total. The summed E-state index contributed by atoms with van der Waals surface area (Å²) in [5.74, 6) is -0.529. The summed E-state index contributed by atoms with van der Waals surface area (Å²) in [6, 6.07) is 6.24. The summed E-state index contributed by atoms with van der Waals surface area (Å²) in [7, 11) is 0. The van der Waals surface area contributed by atoms with E-state index in [0.29, 0.717) is 26.1 Å². The maximum absolute atomic E-state index is 12.9. The Balaban J connectivity index is 1.70. The summed E-state index contributed by atoms with van der Waals surface area (Å²) in [4.78, 5) is 24.0. The molecule has 5 nitrogen and oxygen atoms in total. The minimum absolute atomic E-state index is 0.00197. The fourth-order valence-electron chi connectivity index (χ4n) is 1.84. The van der Waals surface area contributed by atoms with Crippen molar-refractivity contribution in [1.29, 1.82) is 0 Å². The molecule has 1 aliphatic heterocycles. The second-order valence-electron chi connectivity index (χ2n) is 4.27. The van der Waals surface area contributed by atoms with Crippen molar-refractivity contribution in [2.75, 3.05) is 26.2 Å². The number of carbonyl (C=O) groups excluding carboxylic acids is 2. The zero-order valence-corrected chi connectivity index (χ0v) is 10.4. The summed E-state index contributed by atoms with van der Waals surface area (Å²) in [5, 5.41) is 2.69. The molecule has 0 bridgehead atoms. The van der Waals surface area contributed by atoms with Crippen molar-refractivity contribution >= 4 is 12.0 Å². The molecule has 6 heteroatoms. The van der Waals surface area contributed by atoms with Gasteiger partial charge in [0.2, 0.25) is 5.91 Å². The fourth-order valence-corrected chi connectivity index (χ4v) is 1.84. The molecule has 0 aliphatic carbocycles. The predicted octanol–water partition coefficient (Wildman–Crippen LogP) is 0.937. The molecule has 1 heterocycles. The predicted molar refractivity (Wildman–Crippen MR) is 66.0 cm³/mol. The average Bonchev–Trinajstić information content (AvgIpc) is 2.75. The molecule has 0 aromatic heterocycles. The third-order valence-electron chi connectivity index (χ3n) is 2.80. The molecule has 0 saturated carbocycles. The van der Waals surface area contributed by atoms with E-state index in [1.165, 1.54) is 17.0 Å². The van der Waals surface area contributed by atoms with Crippen molar-refractivity contribution in [3.05, 3.63) is 35.6 Å². The minimum Gasteiger partial charge on any atom is -0.448 e. The number of rotatable bonds is 5. The molecule has 2 amide bonds. The van der Waals surface area contributed by atoms with Gasteiger partial charge in [-0.3, -0.25) is 9.69 Å². The molecule has 0 unspecified atom stereocenters. The van der Waals surface area contributed by atoms with Gasteiger partial charge in [-0.1, -0.05) is 12.1 Å². The Morgan fingerprint density at radius 2 is 2.32 bits per heavy atom. The van der Waals surface area contributed by atoms with E-state index in [1.54, 1.807) is 12.1 Å². The van der Waals surface area contributed by atoms with E-state index in [0.717, 1.165) is 5.56 Å². The topological polar surface area (TPSA) is 58.6 Å². The van der Waals surface area contributed by atoms with E-state index in [4.69, 9.17) is 4.74 Å². The van der Waals surface area contributed by atoms with Crippen molar-refractivity contribution in [1.82, 2.24) is 10.2 Å². The van der Waals surface area contributed by atoms with Gasteiger partial charge in [0.05, 0.1) is 6.54 Å².